The minimum atomic E-state index is -0.731. The molecule has 170 valence electrons. The molecule has 0 bridgehead atoms. The second-order valence-corrected chi connectivity index (χ2v) is 9.16. The van der Waals surface area contributed by atoms with Gasteiger partial charge in [0.15, 0.2) is 5.92 Å². The SMILES string of the molecule is N#CC1C(=O)NC(N2CCN(c3ccccc3)CC2)=NC12CCN(Cc1ccccc1)CC2. The van der Waals surface area contributed by atoms with Crippen LogP contribution < -0.4 is 10.2 Å². The maximum absolute atomic E-state index is 12.9. The van der Waals surface area contributed by atoms with Crippen LogP contribution in [0.2, 0.25) is 0 Å². The van der Waals surface area contributed by atoms with Crippen LogP contribution in [0.15, 0.2) is 65.7 Å². The van der Waals surface area contributed by atoms with Gasteiger partial charge in [-0.3, -0.25) is 15.0 Å². The molecule has 0 aliphatic carbocycles. The Morgan fingerprint density at radius 3 is 2.15 bits per heavy atom. The number of para-hydroxylation sites is 1. The van der Waals surface area contributed by atoms with E-state index in [0.29, 0.717) is 5.96 Å². The van der Waals surface area contributed by atoms with E-state index in [1.54, 1.807) is 0 Å². The molecule has 7 nitrogen and oxygen atoms in total. The first-order valence-corrected chi connectivity index (χ1v) is 11.8. The highest BCUT2D eigenvalue weighted by Gasteiger charge is 2.49. The molecule has 3 aliphatic rings. The predicted octanol–water partition coefficient (Wildman–Crippen LogP) is 2.47. The number of benzene rings is 2. The summed E-state index contributed by atoms with van der Waals surface area (Å²) in [4.78, 5) is 25.0. The Hall–Kier alpha value is -3.37. The van der Waals surface area contributed by atoms with Crippen molar-refractivity contribution < 1.29 is 4.79 Å². The van der Waals surface area contributed by atoms with E-state index in [0.717, 1.165) is 58.7 Å². The van der Waals surface area contributed by atoms with Crippen LogP contribution in [0.1, 0.15) is 18.4 Å². The van der Waals surface area contributed by atoms with Gasteiger partial charge >= 0.3 is 0 Å². The van der Waals surface area contributed by atoms with E-state index in [4.69, 9.17) is 4.99 Å². The standard InChI is InChI=1S/C26H30N6O/c27-19-23-24(33)28-25(32-17-15-31(16-18-32)22-9-5-2-6-10-22)29-26(23)11-13-30(14-12-26)20-21-7-3-1-4-8-21/h1-10,23H,11-18,20H2,(H,28,29,33). The third-order valence-electron chi connectivity index (χ3n) is 7.16. The van der Waals surface area contributed by atoms with E-state index in [-0.39, 0.29) is 5.91 Å². The Bertz CT molecular complexity index is 1030. The third-order valence-corrected chi connectivity index (χ3v) is 7.16. The number of carbonyl (C=O) groups is 1. The van der Waals surface area contributed by atoms with Crippen molar-refractivity contribution in [1.82, 2.24) is 15.1 Å². The van der Waals surface area contributed by atoms with E-state index in [1.807, 2.05) is 12.1 Å². The molecule has 3 heterocycles. The molecule has 7 heteroatoms. The Morgan fingerprint density at radius 1 is 0.909 bits per heavy atom. The summed E-state index contributed by atoms with van der Waals surface area (Å²) in [5.41, 5.74) is 1.88. The quantitative estimate of drug-likeness (QED) is 0.791. The zero-order chi connectivity index (χ0) is 22.7. The topological polar surface area (TPSA) is 75.0 Å². The van der Waals surface area contributed by atoms with Crippen LogP contribution in [0.5, 0.6) is 0 Å². The number of anilines is 1. The van der Waals surface area contributed by atoms with Crippen LogP contribution in [0.4, 0.5) is 5.69 Å². The number of nitrogens with zero attached hydrogens (tertiary/aromatic N) is 5. The van der Waals surface area contributed by atoms with Crippen LogP contribution in [0, 0.1) is 17.2 Å². The van der Waals surface area contributed by atoms with E-state index in [2.05, 4.69) is 74.6 Å². The summed E-state index contributed by atoms with van der Waals surface area (Å²) in [6, 6.07) is 23.1. The van der Waals surface area contributed by atoms with Crippen LogP contribution in [0.25, 0.3) is 0 Å². The largest absolute Gasteiger partial charge is 0.368 e. The molecule has 2 aromatic rings. The molecule has 0 aromatic heterocycles. The number of hydrogen-bond acceptors (Lipinski definition) is 6. The number of carbonyl (C=O) groups excluding carboxylic acids is 1. The first-order valence-electron chi connectivity index (χ1n) is 11.8. The highest BCUT2D eigenvalue weighted by molar-refractivity contribution is 6.02. The van der Waals surface area contributed by atoms with Gasteiger partial charge in [-0.15, -0.1) is 0 Å². The van der Waals surface area contributed by atoms with Gasteiger partial charge in [0.05, 0.1) is 11.6 Å². The van der Waals surface area contributed by atoms with Crippen molar-refractivity contribution in [2.75, 3.05) is 44.2 Å². The lowest BCUT2D eigenvalue weighted by Gasteiger charge is -2.46. The molecule has 3 aliphatic heterocycles. The average Bonchev–Trinajstić information content (AvgIpc) is 2.87. The van der Waals surface area contributed by atoms with E-state index >= 15 is 0 Å². The van der Waals surface area contributed by atoms with Crippen LogP contribution in [0.3, 0.4) is 0 Å². The van der Waals surface area contributed by atoms with Crippen molar-refractivity contribution in [3.05, 3.63) is 66.2 Å². The zero-order valence-electron chi connectivity index (χ0n) is 18.9. The molecule has 1 atom stereocenters. The van der Waals surface area contributed by atoms with Gasteiger partial charge < -0.3 is 9.80 Å². The average molecular weight is 443 g/mol. The van der Waals surface area contributed by atoms with E-state index in [1.165, 1.54) is 11.3 Å². The molecule has 33 heavy (non-hydrogen) atoms. The summed E-state index contributed by atoms with van der Waals surface area (Å²) >= 11 is 0. The second kappa shape index (κ2) is 9.24. The minimum Gasteiger partial charge on any atom is -0.368 e. The normalized spacial score (nSPS) is 23.1. The number of piperidine rings is 1. The zero-order valence-corrected chi connectivity index (χ0v) is 18.9. The van der Waals surface area contributed by atoms with Gasteiger partial charge in [-0.05, 0) is 30.5 Å². The molecule has 0 saturated carbocycles. The Morgan fingerprint density at radius 2 is 1.52 bits per heavy atom. The van der Waals surface area contributed by atoms with Gasteiger partial charge in [0.25, 0.3) is 0 Å². The Balaban J connectivity index is 1.28. The Labute approximate surface area is 195 Å². The molecule has 2 saturated heterocycles. The number of nitrogens with one attached hydrogen (secondary N) is 1. The van der Waals surface area contributed by atoms with Crippen molar-refractivity contribution in [2.24, 2.45) is 10.9 Å². The summed E-state index contributed by atoms with van der Waals surface area (Å²) in [6.07, 6.45) is 1.44. The summed E-state index contributed by atoms with van der Waals surface area (Å²) in [6.45, 7) is 5.88. The van der Waals surface area contributed by atoms with Crippen molar-refractivity contribution in [1.29, 1.82) is 5.26 Å². The van der Waals surface area contributed by atoms with Gasteiger partial charge in [-0.2, -0.15) is 5.26 Å². The van der Waals surface area contributed by atoms with Gasteiger partial charge in [0.2, 0.25) is 11.9 Å². The summed E-state index contributed by atoms with van der Waals surface area (Å²) in [7, 11) is 0. The van der Waals surface area contributed by atoms with Gasteiger partial charge in [-0.25, -0.2) is 4.99 Å². The van der Waals surface area contributed by atoms with Crippen LogP contribution in [-0.4, -0.2) is 66.5 Å². The number of piperazine rings is 1. The monoisotopic (exact) mass is 442 g/mol. The molecule has 2 aromatic carbocycles. The van der Waals surface area contributed by atoms with Gasteiger partial charge in [0, 0.05) is 51.5 Å². The number of hydrogen-bond donors (Lipinski definition) is 1. The predicted molar refractivity (Wildman–Crippen MR) is 129 cm³/mol. The molecule has 5 rings (SSSR count). The smallest absolute Gasteiger partial charge is 0.246 e. The molecule has 1 amide bonds. The second-order valence-electron chi connectivity index (χ2n) is 9.16. The fourth-order valence-corrected chi connectivity index (χ4v) is 5.21. The molecule has 2 fully saturated rings. The van der Waals surface area contributed by atoms with Crippen molar-refractivity contribution >= 4 is 17.6 Å². The minimum absolute atomic E-state index is 0.204. The molecule has 0 radical (unpaired) electrons. The number of likely N-dealkylation sites (tertiary alicyclic amines) is 1. The lowest BCUT2D eigenvalue weighted by Crippen LogP contribution is -2.62. The number of nitriles is 1. The fraction of sp³-hybridized carbons (Fsp3) is 0.423. The van der Waals surface area contributed by atoms with Crippen molar-refractivity contribution in [3.8, 4) is 6.07 Å². The van der Waals surface area contributed by atoms with Crippen molar-refractivity contribution in [3.63, 3.8) is 0 Å². The van der Waals surface area contributed by atoms with Crippen LogP contribution >= 0.6 is 0 Å². The lowest BCUT2D eigenvalue weighted by molar-refractivity contribution is -0.125. The first kappa shape index (κ1) is 21.5. The maximum atomic E-state index is 12.9. The van der Waals surface area contributed by atoms with Gasteiger partial charge in [-0.1, -0.05) is 48.5 Å². The highest BCUT2D eigenvalue weighted by Crippen LogP contribution is 2.37. The fourth-order valence-electron chi connectivity index (χ4n) is 5.21. The van der Waals surface area contributed by atoms with Gasteiger partial charge in [0.1, 0.15) is 0 Å². The number of aliphatic imine (C=N–C) groups is 1. The summed E-state index contributed by atoms with van der Waals surface area (Å²) in [5, 5.41) is 12.8. The maximum Gasteiger partial charge on any atom is 0.246 e. The molecule has 1 spiro atoms. The molecule has 1 N–H and O–H groups in total. The summed E-state index contributed by atoms with van der Waals surface area (Å²) < 4.78 is 0. The number of amides is 1. The van der Waals surface area contributed by atoms with E-state index < -0.39 is 11.5 Å². The first-order chi connectivity index (χ1) is 16.2. The third kappa shape index (κ3) is 4.44. The van der Waals surface area contributed by atoms with E-state index in [9.17, 15) is 10.1 Å². The van der Waals surface area contributed by atoms with Crippen molar-refractivity contribution in [2.45, 2.75) is 24.9 Å². The number of guanidine groups is 1. The lowest BCUT2D eigenvalue weighted by atomic mass is 9.76. The Kier molecular flexibility index (Phi) is 6.01. The number of rotatable bonds is 3. The summed E-state index contributed by atoms with van der Waals surface area (Å²) in [5.74, 6) is -0.286. The van der Waals surface area contributed by atoms with Crippen LogP contribution in [-0.2, 0) is 11.3 Å². The molecular formula is C26H30N6O. The molecular weight excluding hydrogens is 412 g/mol. The highest BCUT2D eigenvalue weighted by atomic mass is 16.2. The molecule has 1 unspecified atom stereocenters.